The van der Waals surface area contributed by atoms with E-state index in [9.17, 15) is 0 Å². The van der Waals surface area contributed by atoms with Gasteiger partial charge in [-0.3, -0.25) is 0 Å². The molecule has 0 radical (unpaired) electrons. The zero-order chi connectivity index (χ0) is 17.5. The molecule has 0 N–H and O–H groups in total. The third kappa shape index (κ3) is 2.55. The molecule has 26 heavy (non-hydrogen) atoms. The van der Waals surface area contributed by atoms with E-state index >= 15 is 0 Å². The highest BCUT2D eigenvalue weighted by molar-refractivity contribution is 6.05. The summed E-state index contributed by atoms with van der Waals surface area (Å²) < 4.78 is 0. The van der Waals surface area contributed by atoms with Crippen molar-refractivity contribution in [3.8, 4) is 0 Å². The van der Waals surface area contributed by atoms with Crippen molar-refractivity contribution in [3.05, 3.63) is 102 Å². The Morgan fingerprint density at radius 2 is 1.46 bits per heavy atom. The van der Waals surface area contributed by atoms with Gasteiger partial charge in [0.1, 0.15) is 0 Å². The van der Waals surface area contributed by atoms with Crippen molar-refractivity contribution in [2.24, 2.45) is 0 Å². The Hall–Kier alpha value is -3.12. The van der Waals surface area contributed by atoms with Crippen molar-refractivity contribution >= 4 is 38.4 Å². The second-order valence-corrected chi connectivity index (χ2v) is 7.11. The maximum Gasteiger partial charge on any atom is -0.00941 e. The average Bonchev–Trinajstić information content (AvgIpc) is 2.68. The van der Waals surface area contributed by atoms with Crippen molar-refractivity contribution in [2.45, 2.75) is 13.3 Å². The first kappa shape index (κ1) is 15.2. The molecule has 0 spiro atoms. The summed E-state index contributed by atoms with van der Waals surface area (Å²) in [6, 6.07) is 22.4. The van der Waals surface area contributed by atoms with E-state index in [0.29, 0.717) is 0 Å². The quantitative estimate of drug-likeness (QED) is 0.319. The summed E-state index contributed by atoms with van der Waals surface area (Å²) in [6.45, 7) is 2.24. The van der Waals surface area contributed by atoms with Crippen LogP contribution in [0.15, 0.2) is 90.5 Å². The van der Waals surface area contributed by atoms with Gasteiger partial charge in [-0.05, 0) is 86.6 Å². The number of rotatable bonds is 1. The van der Waals surface area contributed by atoms with E-state index in [0.717, 1.165) is 6.42 Å². The maximum absolute atomic E-state index is 2.35. The molecule has 0 fully saturated rings. The van der Waals surface area contributed by atoms with Crippen LogP contribution in [0.1, 0.15) is 17.5 Å². The zero-order valence-corrected chi connectivity index (χ0v) is 14.9. The van der Waals surface area contributed by atoms with Crippen molar-refractivity contribution in [3.63, 3.8) is 0 Å². The van der Waals surface area contributed by atoms with Crippen molar-refractivity contribution < 1.29 is 0 Å². The van der Waals surface area contributed by atoms with Gasteiger partial charge in [-0.2, -0.15) is 0 Å². The molecule has 1 aliphatic rings. The molecule has 0 aliphatic heterocycles. The van der Waals surface area contributed by atoms with Crippen LogP contribution >= 0.6 is 0 Å². The van der Waals surface area contributed by atoms with Crippen LogP contribution in [0.5, 0.6) is 0 Å². The van der Waals surface area contributed by atoms with E-state index in [1.807, 2.05) is 0 Å². The molecule has 1 aliphatic carbocycles. The molecule has 4 aromatic rings. The van der Waals surface area contributed by atoms with Gasteiger partial charge in [0.15, 0.2) is 0 Å². The molecule has 0 heteroatoms. The van der Waals surface area contributed by atoms with Crippen LogP contribution in [0, 0.1) is 6.92 Å². The van der Waals surface area contributed by atoms with Gasteiger partial charge in [0, 0.05) is 0 Å². The van der Waals surface area contributed by atoms with E-state index in [1.54, 1.807) is 0 Å². The lowest BCUT2D eigenvalue weighted by Crippen LogP contribution is -1.88. The second kappa shape index (κ2) is 6.00. The Balaban J connectivity index is 1.73. The fourth-order valence-corrected chi connectivity index (χ4v) is 3.93. The highest BCUT2D eigenvalue weighted by atomic mass is 14.1. The van der Waals surface area contributed by atoms with Crippen LogP contribution in [0.25, 0.3) is 38.4 Å². The lowest BCUT2D eigenvalue weighted by Gasteiger charge is -2.11. The lowest BCUT2D eigenvalue weighted by molar-refractivity contribution is 1.28. The Morgan fingerprint density at radius 1 is 0.731 bits per heavy atom. The number of hydrogen-bond acceptors (Lipinski definition) is 0. The fraction of sp³-hybridized carbons (Fsp3) is 0.0769. The highest BCUT2D eigenvalue weighted by Gasteiger charge is 2.06. The number of allylic oxidation sites excluding steroid dienone is 5. The summed E-state index contributed by atoms with van der Waals surface area (Å²) in [5.41, 5.74) is 4.03. The molecular formula is C26H20. The fourth-order valence-electron chi connectivity index (χ4n) is 3.93. The SMILES string of the molecule is Cc1c(/C=C2/C=CC=CC2)ccc2cc3cc4ccccc4cc3cc12. The molecule has 124 valence electrons. The molecular weight excluding hydrogens is 312 g/mol. The van der Waals surface area contributed by atoms with E-state index in [1.165, 1.54) is 49.0 Å². The summed E-state index contributed by atoms with van der Waals surface area (Å²) in [5, 5.41) is 7.87. The minimum Gasteiger partial charge on any atom is -0.0801 e. The van der Waals surface area contributed by atoms with Gasteiger partial charge < -0.3 is 0 Å². The largest absolute Gasteiger partial charge is 0.0801 e. The summed E-state index contributed by atoms with van der Waals surface area (Å²) in [5.74, 6) is 0. The van der Waals surface area contributed by atoms with Crippen molar-refractivity contribution in [1.29, 1.82) is 0 Å². The molecule has 0 heterocycles. The predicted molar refractivity (Wildman–Crippen MR) is 115 cm³/mol. The molecule has 5 rings (SSSR count). The third-order valence-corrected chi connectivity index (χ3v) is 5.40. The minimum atomic E-state index is 1.01. The van der Waals surface area contributed by atoms with Crippen LogP contribution in [-0.2, 0) is 0 Å². The summed E-state index contributed by atoms with van der Waals surface area (Å²) in [4.78, 5) is 0. The van der Waals surface area contributed by atoms with E-state index in [4.69, 9.17) is 0 Å². The summed E-state index contributed by atoms with van der Waals surface area (Å²) >= 11 is 0. The lowest BCUT2D eigenvalue weighted by atomic mass is 9.94. The number of benzene rings is 4. The summed E-state index contributed by atoms with van der Waals surface area (Å²) in [7, 11) is 0. The Labute approximate surface area is 153 Å². The van der Waals surface area contributed by atoms with Crippen LogP contribution < -0.4 is 0 Å². The smallest absolute Gasteiger partial charge is 0.00941 e. The second-order valence-electron chi connectivity index (χ2n) is 7.11. The van der Waals surface area contributed by atoms with Gasteiger partial charge in [-0.25, -0.2) is 0 Å². The van der Waals surface area contributed by atoms with Crippen LogP contribution in [-0.4, -0.2) is 0 Å². The monoisotopic (exact) mass is 332 g/mol. The van der Waals surface area contributed by atoms with Gasteiger partial charge in [-0.1, -0.05) is 66.8 Å². The highest BCUT2D eigenvalue weighted by Crippen LogP contribution is 2.31. The molecule has 0 bridgehead atoms. The molecule has 0 saturated heterocycles. The van der Waals surface area contributed by atoms with Crippen molar-refractivity contribution in [1.82, 2.24) is 0 Å². The third-order valence-electron chi connectivity index (χ3n) is 5.40. The Bertz CT molecular complexity index is 1250. The number of fused-ring (bicyclic) bond motifs is 3. The molecule has 0 atom stereocenters. The Morgan fingerprint density at radius 3 is 2.19 bits per heavy atom. The number of aryl methyl sites for hydroxylation is 1. The molecule has 0 unspecified atom stereocenters. The van der Waals surface area contributed by atoms with Gasteiger partial charge in [0.2, 0.25) is 0 Å². The first-order valence-corrected chi connectivity index (χ1v) is 9.18. The van der Waals surface area contributed by atoms with Gasteiger partial charge in [-0.15, -0.1) is 0 Å². The first-order chi connectivity index (χ1) is 12.8. The average molecular weight is 332 g/mol. The van der Waals surface area contributed by atoms with E-state index in [-0.39, 0.29) is 0 Å². The topological polar surface area (TPSA) is 0 Å². The zero-order valence-electron chi connectivity index (χ0n) is 14.9. The molecule has 0 amide bonds. The summed E-state index contributed by atoms with van der Waals surface area (Å²) in [6.07, 6.45) is 12.0. The van der Waals surface area contributed by atoms with Gasteiger partial charge >= 0.3 is 0 Å². The van der Waals surface area contributed by atoms with Crippen molar-refractivity contribution in [2.75, 3.05) is 0 Å². The molecule has 0 saturated carbocycles. The number of hydrogen-bond donors (Lipinski definition) is 0. The Kier molecular flexibility index (Phi) is 3.50. The van der Waals surface area contributed by atoms with Gasteiger partial charge in [0.05, 0.1) is 0 Å². The predicted octanol–water partition coefficient (Wildman–Crippen LogP) is 7.35. The minimum absolute atomic E-state index is 1.01. The van der Waals surface area contributed by atoms with Crippen LogP contribution in [0.4, 0.5) is 0 Å². The van der Waals surface area contributed by atoms with Crippen LogP contribution in [0.2, 0.25) is 0 Å². The molecule has 0 aromatic heterocycles. The molecule has 0 nitrogen and oxygen atoms in total. The normalized spacial score (nSPS) is 15.5. The maximum atomic E-state index is 2.35. The van der Waals surface area contributed by atoms with Gasteiger partial charge in [0.25, 0.3) is 0 Å². The van der Waals surface area contributed by atoms with Crippen LogP contribution in [0.3, 0.4) is 0 Å². The van der Waals surface area contributed by atoms with E-state index < -0.39 is 0 Å². The molecule has 4 aromatic carbocycles. The standard InChI is InChI=1S/C26H20/c1-18-20(13-19-7-3-2-4-8-19)11-12-23-16-24-14-21-9-5-6-10-22(21)15-25(24)17-26(18)23/h2-7,9-17H,8H2,1H3/b19-13-. The first-order valence-electron chi connectivity index (χ1n) is 9.18. The van der Waals surface area contributed by atoms with E-state index in [2.05, 4.69) is 98.0 Å².